The second-order valence-electron chi connectivity index (χ2n) is 8.99. The summed E-state index contributed by atoms with van der Waals surface area (Å²) in [6.45, 7) is 4.66. The van der Waals surface area contributed by atoms with Crippen LogP contribution in [0.25, 0.3) is 5.69 Å². The highest BCUT2D eigenvalue weighted by atomic mass is 32.2. The van der Waals surface area contributed by atoms with Gasteiger partial charge in [0.25, 0.3) is 5.91 Å². The number of carbonyl (C=O) groups is 2. The molecule has 186 valence electrons. The van der Waals surface area contributed by atoms with E-state index in [2.05, 4.69) is 40.2 Å². The maximum atomic E-state index is 12.7. The standard InChI is InChI=1S/C30H28N4O2S/c1-21-17-26(22(2)34(21)27-11-7-4-8-12-27)18-31-32-29(36)24-13-15-25(16-14-24)30-33(28(35)20-37-30)19-23-9-5-3-6-10-23/h3-18,30H,19-20H2,1-2H3,(H,32,36)/b31-18+. The van der Waals surface area contributed by atoms with E-state index in [4.69, 9.17) is 0 Å². The highest BCUT2D eigenvalue weighted by molar-refractivity contribution is 8.00. The minimum atomic E-state index is -0.282. The molecule has 4 aromatic rings. The summed E-state index contributed by atoms with van der Waals surface area (Å²) in [7, 11) is 0. The minimum Gasteiger partial charge on any atom is -0.322 e. The summed E-state index contributed by atoms with van der Waals surface area (Å²) in [5, 5.41) is 4.13. The van der Waals surface area contributed by atoms with Gasteiger partial charge in [-0.1, -0.05) is 60.7 Å². The maximum absolute atomic E-state index is 12.7. The van der Waals surface area contributed by atoms with Gasteiger partial charge in [0.05, 0.1) is 12.0 Å². The lowest BCUT2D eigenvalue weighted by Crippen LogP contribution is -2.27. The van der Waals surface area contributed by atoms with Crippen LogP contribution in [0, 0.1) is 13.8 Å². The molecule has 5 rings (SSSR count). The Morgan fingerprint density at radius 2 is 1.68 bits per heavy atom. The third kappa shape index (κ3) is 5.37. The quantitative estimate of drug-likeness (QED) is 0.260. The van der Waals surface area contributed by atoms with Gasteiger partial charge in [-0.3, -0.25) is 9.59 Å². The van der Waals surface area contributed by atoms with Gasteiger partial charge in [-0.2, -0.15) is 5.10 Å². The van der Waals surface area contributed by atoms with E-state index >= 15 is 0 Å². The number of aromatic nitrogens is 1. The maximum Gasteiger partial charge on any atom is 0.271 e. The molecule has 0 spiro atoms. The molecule has 1 fully saturated rings. The third-order valence-electron chi connectivity index (χ3n) is 6.48. The molecule has 37 heavy (non-hydrogen) atoms. The summed E-state index contributed by atoms with van der Waals surface area (Å²) in [5.41, 5.74) is 9.42. The van der Waals surface area contributed by atoms with E-state index in [1.165, 1.54) is 0 Å². The number of rotatable bonds is 7. The van der Waals surface area contributed by atoms with E-state index in [1.807, 2.05) is 72.5 Å². The summed E-state index contributed by atoms with van der Waals surface area (Å²) in [6, 6.07) is 29.6. The fourth-order valence-corrected chi connectivity index (χ4v) is 5.79. The molecular weight excluding hydrogens is 480 g/mol. The Morgan fingerprint density at radius 3 is 2.38 bits per heavy atom. The van der Waals surface area contributed by atoms with Gasteiger partial charge in [0.2, 0.25) is 5.91 Å². The van der Waals surface area contributed by atoms with Crippen molar-refractivity contribution in [2.24, 2.45) is 5.10 Å². The van der Waals surface area contributed by atoms with Crippen molar-refractivity contribution >= 4 is 29.8 Å². The molecule has 2 amide bonds. The van der Waals surface area contributed by atoms with Crippen LogP contribution >= 0.6 is 11.8 Å². The number of hydrazone groups is 1. The van der Waals surface area contributed by atoms with E-state index in [1.54, 1.807) is 30.1 Å². The van der Waals surface area contributed by atoms with Crippen LogP contribution in [0.2, 0.25) is 0 Å². The molecule has 0 radical (unpaired) electrons. The Hall–Kier alpha value is -4.10. The molecule has 0 bridgehead atoms. The Kier molecular flexibility index (Phi) is 7.23. The number of amides is 2. The van der Waals surface area contributed by atoms with E-state index in [9.17, 15) is 9.59 Å². The smallest absolute Gasteiger partial charge is 0.271 e. The van der Waals surface area contributed by atoms with Crippen LogP contribution in [0.5, 0.6) is 0 Å². The van der Waals surface area contributed by atoms with E-state index in [-0.39, 0.29) is 17.2 Å². The van der Waals surface area contributed by atoms with Gasteiger partial charge < -0.3 is 9.47 Å². The molecule has 0 aliphatic carbocycles. The summed E-state index contributed by atoms with van der Waals surface area (Å²) in [4.78, 5) is 27.1. The summed E-state index contributed by atoms with van der Waals surface area (Å²) >= 11 is 1.61. The molecular formula is C30H28N4O2S. The van der Waals surface area contributed by atoms with Crippen LogP contribution in [-0.4, -0.2) is 33.2 Å². The number of benzene rings is 3. The molecule has 1 N–H and O–H groups in total. The third-order valence-corrected chi connectivity index (χ3v) is 7.73. The van der Waals surface area contributed by atoms with Crippen molar-refractivity contribution in [3.8, 4) is 5.69 Å². The van der Waals surface area contributed by atoms with Crippen LogP contribution in [0.3, 0.4) is 0 Å². The van der Waals surface area contributed by atoms with Crippen molar-refractivity contribution in [3.63, 3.8) is 0 Å². The average molecular weight is 509 g/mol. The Morgan fingerprint density at radius 1 is 1.00 bits per heavy atom. The number of nitrogens with one attached hydrogen (secondary N) is 1. The Labute approximate surface area is 221 Å². The fraction of sp³-hybridized carbons (Fsp3) is 0.167. The lowest BCUT2D eigenvalue weighted by molar-refractivity contribution is -0.128. The fourth-order valence-electron chi connectivity index (χ4n) is 4.60. The number of nitrogens with zero attached hydrogens (tertiary/aromatic N) is 3. The van der Waals surface area contributed by atoms with Crippen molar-refractivity contribution in [1.29, 1.82) is 0 Å². The normalized spacial score (nSPS) is 15.5. The van der Waals surface area contributed by atoms with E-state index < -0.39 is 0 Å². The summed E-state index contributed by atoms with van der Waals surface area (Å²) < 4.78 is 2.16. The van der Waals surface area contributed by atoms with Gasteiger partial charge in [-0.15, -0.1) is 11.8 Å². The van der Waals surface area contributed by atoms with Crippen LogP contribution in [0.4, 0.5) is 0 Å². The van der Waals surface area contributed by atoms with Crippen molar-refractivity contribution < 1.29 is 9.59 Å². The Bertz CT molecular complexity index is 1430. The molecule has 7 heteroatoms. The molecule has 2 heterocycles. The topological polar surface area (TPSA) is 66.7 Å². The van der Waals surface area contributed by atoms with Crippen LogP contribution in [-0.2, 0) is 11.3 Å². The SMILES string of the molecule is Cc1cc(/C=N/NC(=O)c2ccc(C3SCC(=O)N3Cc3ccccc3)cc2)c(C)n1-c1ccccc1. The molecule has 1 unspecified atom stereocenters. The monoisotopic (exact) mass is 508 g/mol. The summed E-state index contributed by atoms with van der Waals surface area (Å²) in [5.74, 6) is 0.303. The molecule has 1 saturated heterocycles. The zero-order chi connectivity index (χ0) is 25.8. The van der Waals surface area contributed by atoms with Gasteiger partial charge >= 0.3 is 0 Å². The number of carbonyl (C=O) groups excluding carboxylic acids is 2. The lowest BCUT2D eigenvalue weighted by atomic mass is 10.1. The van der Waals surface area contributed by atoms with Crippen LogP contribution in [0.15, 0.2) is 96.1 Å². The van der Waals surface area contributed by atoms with Crippen molar-refractivity contribution in [2.75, 3.05) is 5.75 Å². The second-order valence-corrected chi connectivity index (χ2v) is 10.1. The largest absolute Gasteiger partial charge is 0.322 e. The zero-order valence-electron chi connectivity index (χ0n) is 20.8. The minimum absolute atomic E-state index is 0.0669. The molecule has 1 aromatic heterocycles. The molecule has 1 aliphatic rings. The van der Waals surface area contributed by atoms with Crippen molar-refractivity contribution in [1.82, 2.24) is 14.9 Å². The van der Waals surface area contributed by atoms with Crippen LogP contribution in [0.1, 0.15) is 43.8 Å². The predicted octanol–water partition coefficient (Wildman–Crippen LogP) is 5.63. The van der Waals surface area contributed by atoms with E-state index in [0.717, 1.165) is 33.8 Å². The number of hydrogen-bond donors (Lipinski definition) is 1. The first-order chi connectivity index (χ1) is 18.0. The molecule has 1 atom stereocenters. The number of thioether (sulfide) groups is 1. The van der Waals surface area contributed by atoms with Gasteiger partial charge in [-0.05, 0) is 55.3 Å². The van der Waals surface area contributed by atoms with Gasteiger partial charge in [0.15, 0.2) is 0 Å². The number of aryl methyl sites for hydroxylation is 1. The van der Waals surface area contributed by atoms with Gasteiger partial charge in [0.1, 0.15) is 5.37 Å². The Balaban J connectivity index is 1.24. The van der Waals surface area contributed by atoms with Crippen LogP contribution < -0.4 is 5.43 Å². The van der Waals surface area contributed by atoms with E-state index in [0.29, 0.717) is 17.9 Å². The summed E-state index contributed by atoms with van der Waals surface area (Å²) in [6.07, 6.45) is 1.68. The molecule has 3 aromatic carbocycles. The van der Waals surface area contributed by atoms with Crippen molar-refractivity contribution in [2.45, 2.75) is 25.8 Å². The van der Waals surface area contributed by atoms with Gasteiger partial charge in [-0.25, -0.2) is 5.43 Å². The first-order valence-electron chi connectivity index (χ1n) is 12.1. The van der Waals surface area contributed by atoms with Crippen molar-refractivity contribution in [3.05, 3.63) is 125 Å². The lowest BCUT2D eigenvalue weighted by Gasteiger charge is -2.24. The molecule has 6 nitrogen and oxygen atoms in total. The zero-order valence-corrected chi connectivity index (χ0v) is 21.6. The predicted molar refractivity (Wildman–Crippen MR) is 149 cm³/mol. The molecule has 1 aliphatic heterocycles. The second kappa shape index (κ2) is 10.9. The highest BCUT2D eigenvalue weighted by Gasteiger charge is 2.32. The first-order valence-corrected chi connectivity index (χ1v) is 13.2. The molecule has 0 saturated carbocycles. The number of para-hydroxylation sites is 1. The highest BCUT2D eigenvalue weighted by Crippen LogP contribution is 2.39. The number of hydrogen-bond acceptors (Lipinski definition) is 4. The first kappa shape index (κ1) is 24.6. The average Bonchev–Trinajstić information content (AvgIpc) is 3.42. The van der Waals surface area contributed by atoms with Gasteiger partial charge in [0, 0.05) is 34.7 Å².